The summed E-state index contributed by atoms with van der Waals surface area (Å²) < 4.78 is 24.4. The van der Waals surface area contributed by atoms with E-state index in [0.29, 0.717) is 6.54 Å². The van der Waals surface area contributed by atoms with Crippen molar-refractivity contribution in [1.29, 1.82) is 0 Å². The Hall–Kier alpha value is -1.85. The van der Waals surface area contributed by atoms with Crippen LogP contribution in [0.1, 0.15) is 18.4 Å². The van der Waals surface area contributed by atoms with Gasteiger partial charge >= 0.3 is 0 Å². The van der Waals surface area contributed by atoms with Gasteiger partial charge in [-0.15, -0.1) is 0 Å². The Labute approximate surface area is 147 Å². The molecule has 0 aromatic heterocycles. The highest BCUT2D eigenvalue weighted by molar-refractivity contribution is 7.91. The fraction of sp³-hybridized carbons (Fsp3) is 0.278. The quantitative estimate of drug-likeness (QED) is 0.730. The van der Waals surface area contributed by atoms with Crippen molar-refractivity contribution in [3.8, 4) is 0 Å². The number of sulfone groups is 1. The Kier molecular flexibility index (Phi) is 6.82. The van der Waals surface area contributed by atoms with E-state index in [1.807, 2.05) is 30.3 Å². The Morgan fingerprint density at radius 2 is 1.67 bits per heavy atom. The molecule has 0 saturated heterocycles. The van der Waals surface area contributed by atoms with Gasteiger partial charge in [0, 0.05) is 13.0 Å². The normalized spacial score (nSPS) is 11.2. The summed E-state index contributed by atoms with van der Waals surface area (Å²) in [5.41, 5.74) is 1.22. The second-order valence-electron chi connectivity index (χ2n) is 5.44. The lowest BCUT2D eigenvalue weighted by molar-refractivity contribution is -0.120. The van der Waals surface area contributed by atoms with Crippen molar-refractivity contribution in [2.45, 2.75) is 24.2 Å². The molecular formula is C18H20ClNO3S. The molecule has 24 heavy (non-hydrogen) atoms. The van der Waals surface area contributed by atoms with Crippen LogP contribution in [0.5, 0.6) is 0 Å². The molecule has 0 radical (unpaired) electrons. The van der Waals surface area contributed by atoms with Crippen LogP contribution in [0, 0.1) is 0 Å². The van der Waals surface area contributed by atoms with Crippen LogP contribution in [0.4, 0.5) is 0 Å². The number of carbonyl (C=O) groups is 1. The summed E-state index contributed by atoms with van der Waals surface area (Å²) in [4.78, 5) is 11.9. The van der Waals surface area contributed by atoms with Gasteiger partial charge in [0.1, 0.15) is 0 Å². The molecule has 1 N–H and O–H groups in total. The van der Waals surface area contributed by atoms with Gasteiger partial charge in [-0.2, -0.15) is 0 Å². The van der Waals surface area contributed by atoms with Crippen LogP contribution >= 0.6 is 11.6 Å². The molecule has 1 amide bonds. The molecule has 6 heteroatoms. The topological polar surface area (TPSA) is 63.2 Å². The minimum atomic E-state index is -3.55. The number of aryl methyl sites for hydroxylation is 1. The van der Waals surface area contributed by atoms with Crippen LogP contribution in [0.2, 0.25) is 5.02 Å². The molecule has 0 saturated carbocycles. The van der Waals surface area contributed by atoms with Gasteiger partial charge in [-0.05, 0) is 30.5 Å². The first-order chi connectivity index (χ1) is 11.5. The van der Waals surface area contributed by atoms with Gasteiger partial charge < -0.3 is 5.32 Å². The minimum absolute atomic E-state index is 0.0705. The number of carbonyl (C=O) groups excluding carboxylic acids is 1. The Morgan fingerprint density at radius 1 is 1.00 bits per heavy atom. The van der Waals surface area contributed by atoms with E-state index < -0.39 is 9.84 Å². The molecule has 0 bridgehead atoms. The van der Waals surface area contributed by atoms with Crippen molar-refractivity contribution in [2.24, 2.45) is 0 Å². The lowest BCUT2D eigenvalue weighted by atomic mass is 10.1. The fourth-order valence-corrected chi connectivity index (χ4v) is 4.10. The number of amides is 1. The van der Waals surface area contributed by atoms with Gasteiger partial charge in [-0.3, -0.25) is 4.79 Å². The van der Waals surface area contributed by atoms with Crippen LogP contribution in [0.3, 0.4) is 0 Å². The predicted octanol–water partition coefficient (Wildman–Crippen LogP) is 3.25. The summed E-state index contributed by atoms with van der Waals surface area (Å²) in [5.74, 6) is -0.514. The van der Waals surface area contributed by atoms with Gasteiger partial charge in [0.15, 0.2) is 9.84 Å². The van der Waals surface area contributed by atoms with E-state index in [1.165, 1.54) is 17.7 Å². The van der Waals surface area contributed by atoms with E-state index >= 15 is 0 Å². The van der Waals surface area contributed by atoms with Crippen LogP contribution in [-0.2, 0) is 21.1 Å². The molecule has 2 rings (SSSR count). The number of hydrogen-bond acceptors (Lipinski definition) is 3. The van der Waals surface area contributed by atoms with E-state index in [0.717, 1.165) is 12.8 Å². The molecular weight excluding hydrogens is 346 g/mol. The number of benzene rings is 2. The van der Waals surface area contributed by atoms with Gasteiger partial charge in [0.2, 0.25) is 5.91 Å². The summed E-state index contributed by atoms with van der Waals surface area (Å²) in [6.45, 7) is 0.528. The highest BCUT2D eigenvalue weighted by Crippen LogP contribution is 2.22. The van der Waals surface area contributed by atoms with E-state index in [4.69, 9.17) is 11.6 Å². The second-order valence-corrected chi connectivity index (χ2v) is 7.92. The second kappa shape index (κ2) is 8.85. The lowest BCUT2D eigenvalue weighted by Crippen LogP contribution is -2.26. The smallest absolute Gasteiger partial charge is 0.221 e. The predicted molar refractivity (Wildman–Crippen MR) is 95.9 cm³/mol. The molecule has 128 valence electrons. The molecule has 4 nitrogen and oxygen atoms in total. The van der Waals surface area contributed by atoms with Crippen molar-refractivity contribution >= 4 is 27.3 Å². The first-order valence-corrected chi connectivity index (χ1v) is 9.80. The molecule has 0 atom stereocenters. The first kappa shape index (κ1) is 18.5. The molecule has 0 fully saturated rings. The fourth-order valence-electron chi connectivity index (χ4n) is 2.29. The zero-order valence-electron chi connectivity index (χ0n) is 13.2. The zero-order valence-corrected chi connectivity index (χ0v) is 14.8. The van der Waals surface area contributed by atoms with Crippen LogP contribution in [0.25, 0.3) is 0 Å². The molecule has 0 heterocycles. The Balaban J connectivity index is 1.74. The molecule has 0 aliphatic carbocycles. The maximum atomic E-state index is 12.2. The van der Waals surface area contributed by atoms with Crippen LogP contribution < -0.4 is 5.32 Å². The van der Waals surface area contributed by atoms with Crippen LogP contribution in [-0.4, -0.2) is 26.6 Å². The molecule has 0 aliphatic heterocycles. The molecule has 2 aromatic rings. The average molecular weight is 366 g/mol. The average Bonchev–Trinajstić information content (AvgIpc) is 2.58. The number of halogens is 1. The summed E-state index contributed by atoms with van der Waals surface area (Å²) in [6, 6.07) is 16.3. The Morgan fingerprint density at radius 3 is 2.38 bits per heavy atom. The third-order valence-corrected chi connectivity index (χ3v) is 5.79. The van der Waals surface area contributed by atoms with Crippen molar-refractivity contribution < 1.29 is 13.2 Å². The third-order valence-electron chi connectivity index (χ3n) is 3.58. The summed E-state index contributed by atoms with van der Waals surface area (Å²) in [6.07, 6.45) is 1.62. The zero-order chi connectivity index (χ0) is 17.4. The number of rotatable bonds is 8. The Bertz CT molecular complexity index is 776. The monoisotopic (exact) mass is 365 g/mol. The SMILES string of the molecule is O=C(CCS(=O)(=O)c1ccccc1Cl)NCCCc1ccccc1. The standard InChI is InChI=1S/C18H20ClNO3S/c19-16-10-4-5-11-17(16)24(22,23)14-12-18(21)20-13-6-9-15-7-2-1-3-8-15/h1-5,7-8,10-11H,6,9,12-14H2,(H,20,21). The summed E-state index contributed by atoms with van der Waals surface area (Å²) in [5, 5.41) is 2.94. The van der Waals surface area contributed by atoms with Gasteiger partial charge in [0.25, 0.3) is 0 Å². The maximum absolute atomic E-state index is 12.2. The van der Waals surface area contributed by atoms with Gasteiger partial charge in [0.05, 0.1) is 15.7 Å². The third kappa shape index (κ3) is 5.65. The van der Waals surface area contributed by atoms with Crippen molar-refractivity contribution in [3.63, 3.8) is 0 Å². The molecule has 0 aliphatic rings. The van der Waals surface area contributed by atoms with E-state index in [1.54, 1.807) is 12.1 Å². The number of nitrogens with one attached hydrogen (secondary N) is 1. The molecule has 2 aromatic carbocycles. The highest BCUT2D eigenvalue weighted by atomic mass is 35.5. The lowest BCUT2D eigenvalue weighted by Gasteiger charge is -2.07. The largest absolute Gasteiger partial charge is 0.356 e. The molecule has 0 unspecified atom stereocenters. The van der Waals surface area contributed by atoms with Crippen molar-refractivity contribution in [1.82, 2.24) is 5.32 Å². The summed E-state index contributed by atoms with van der Waals surface area (Å²) in [7, 11) is -3.55. The van der Waals surface area contributed by atoms with Gasteiger partial charge in [-0.1, -0.05) is 54.1 Å². The van der Waals surface area contributed by atoms with Crippen molar-refractivity contribution in [2.75, 3.05) is 12.3 Å². The maximum Gasteiger partial charge on any atom is 0.221 e. The highest BCUT2D eigenvalue weighted by Gasteiger charge is 2.18. The van der Waals surface area contributed by atoms with Crippen LogP contribution in [0.15, 0.2) is 59.5 Å². The minimum Gasteiger partial charge on any atom is -0.356 e. The van der Waals surface area contributed by atoms with E-state index in [2.05, 4.69) is 5.32 Å². The van der Waals surface area contributed by atoms with Crippen molar-refractivity contribution in [3.05, 3.63) is 65.2 Å². The van der Waals surface area contributed by atoms with E-state index in [-0.39, 0.29) is 28.0 Å². The molecule has 0 spiro atoms. The first-order valence-electron chi connectivity index (χ1n) is 7.77. The van der Waals surface area contributed by atoms with Gasteiger partial charge in [-0.25, -0.2) is 8.42 Å². The summed E-state index contributed by atoms with van der Waals surface area (Å²) >= 11 is 5.90. The van der Waals surface area contributed by atoms with E-state index in [9.17, 15) is 13.2 Å². The number of hydrogen-bond donors (Lipinski definition) is 1.